The number of hydrogen-bond acceptors (Lipinski definition) is 4. The molecule has 1 aromatic heterocycles. The van der Waals surface area contributed by atoms with Gasteiger partial charge in [-0.2, -0.15) is 10.2 Å². The Labute approximate surface area is 179 Å². The lowest BCUT2D eigenvalue weighted by atomic mass is 10.1. The summed E-state index contributed by atoms with van der Waals surface area (Å²) in [5.41, 5.74) is 6.17. The summed E-state index contributed by atoms with van der Waals surface area (Å²) in [5, 5.41) is 9.55. The van der Waals surface area contributed by atoms with Gasteiger partial charge in [-0.05, 0) is 31.0 Å². The molecular weight excluding hydrogens is 388 g/mol. The summed E-state index contributed by atoms with van der Waals surface area (Å²) in [7, 11) is 0. The molecule has 0 aliphatic heterocycles. The van der Waals surface area contributed by atoms with Crippen molar-refractivity contribution in [1.82, 2.24) is 15.2 Å². The molecule has 6 nitrogen and oxygen atoms in total. The van der Waals surface area contributed by atoms with Crippen molar-refractivity contribution in [3.05, 3.63) is 112 Å². The average Bonchev–Trinajstić information content (AvgIpc) is 2.80. The van der Waals surface area contributed by atoms with Crippen molar-refractivity contribution in [2.45, 2.75) is 20.4 Å². The minimum atomic E-state index is -0.468. The second kappa shape index (κ2) is 8.75. The summed E-state index contributed by atoms with van der Waals surface area (Å²) < 4.78 is 1.32. The summed E-state index contributed by atoms with van der Waals surface area (Å²) in [5.74, 6) is -0.468. The lowest BCUT2D eigenvalue weighted by Crippen LogP contribution is -2.29. The number of nitrogens with zero attached hydrogens (tertiary/aromatic N) is 3. The molecule has 0 radical (unpaired) electrons. The molecule has 0 aliphatic carbocycles. The fourth-order valence-electron chi connectivity index (χ4n) is 3.31. The average molecular weight is 410 g/mol. The van der Waals surface area contributed by atoms with Crippen LogP contribution >= 0.6 is 0 Å². The van der Waals surface area contributed by atoms with Crippen molar-refractivity contribution >= 4 is 22.4 Å². The molecule has 4 rings (SSSR count). The van der Waals surface area contributed by atoms with Crippen LogP contribution in [0.2, 0.25) is 0 Å². The maximum atomic E-state index is 13.0. The van der Waals surface area contributed by atoms with Crippen LogP contribution in [0, 0.1) is 6.92 Å². The lowest BCUT2D eigenvalue weighted by Gasteiger charge is -2.10. The molecule has 1 heterocycles. The van der Waals surface area contributed by atoms with Crippen molar-refractivity contribution < 1.29 is 4.79 Å². The van der Waals surface area contributed by atoms with E-state index in [9.17, 15) is 9.59 Å². The third-order valence-corrected chi connectivity index (χ3v) is 5.05. The molecule has 154 valence electrons. The SMILES string of the molecule is CC(=NNC(=O)c1nn(Cc2ccccc2)c(=O)c2ccccc12)c1ccc(C)cc1. The largest absolute Gasteiger partial charge is 0.292 e. The first-order valence-corrected chi connectivity index (χ1v) is 9.98. The molecule has 3 aromatic carbocycles. The molecule has 0 unspecified atom stereocenters. The van der Waals surface area contributed by atoms with Gasteiger partial charge in [0.2, 0.25) is 0 Å². The van der Waals surface area contributed by atoms with Gasteiger partial charge in [-0.25, -0.2) is 10.1 Å². The van der Waals surface area contributed by atoms with Crippen LogP contribution in [0.3, 0.4) is 0 Å². The van der Waals surface area contributed by atoms with Crippen LogP contribution < -0.4 is 11.0 Å². The van der Waals surface area contributed by atoms with Gasteiger partial charge in [0.25, 0.3) is 11.5 Å². The molecule has 1 amide bonds. The van der Waals surface area contributed by atoms with Crippen LogP contribution in [0.15, 0.2) is 88.8 Å². The van der Waals surface area contributed by atoms with Crippen LogP contribution in [0.5, 0.6) is 0 Å². The Hall–Kier alpha value is -4.06. The summed E-state index contributed by atoms with van der Waals surface area (Å²) >= 11 is 0. The van der Waals surface area contributed by atoms with Gasteiger partial charge >= 0.3 is 0 Å². The Morgan fingerprint density at radius 3 is 2.29 bits per heavy atom. The fourth-order valence-corrected chi connectivity index (χ4v) is 3.31. The number of rotatable bonds is 5. The number of hydrazone groups is 1. The number of hydrogen-bond donors (Lipinski definition) is 1. The third kappa shape index (κ3) is 4.43. The summed E-state index contributed by atoms with van der Waals surface area (Å²) in [6.07, 6.45) is 0. The van der Waals surface area contributed by atoms with E-state index in [1.165, 1.54) is 4.68 Å². The number of amides is 1. The number of aromatic nitrogens is 2. The van der Waals surface area contributed by atoms with E-state index < -0.39 is 5.91 Å². The van der Waals surface area contributed by atoms with E-state index in [-0.39, 0.29) is 17.8 Å². The van der Waals surface area contributed by atoms with Crippen LogP contribution in [-0.2, 0) is 6.54 Å². The minimum Gasteiger partial charge on any atom is -0.267 e. The van der Waals surface area contributed by atoms with Crippen LogP contribution in [0.25, 0.3) is 10.8 Å². The van der Waals surface area contributed by atoms with E-state index in [0.29, 0.717) is 16.5 Å². The molecule has 4 aromatic rings. The Morgan fingerprint density at radius 1 is 0.935 bits per heavy atom. The van der Waals surface area contributed by atoms with Crippen LogP contribution in [0.1, 0.15) is 34.1 Å². The van der Waals surface area contributed by atoms with E-state index in [2.05, 4.69) is 15.6 Å². The maximum absolute atomic E-state index is 13.0. The summed E-state index contributed by atoms with van der Waals surface area (Å²) in [6.45, 7) is 4.11. The van der Waals surface area contributed by atoms with E-state index in [4.69, 9.17) is 0 Å². The number of carbonyl (C=O) groups excluding carboxylic acids is 1. The van der Waals surface area contributed by atoms with Crippen LogP contribution in [0.4, 0.5) is 0 Å². The first kappa shape index (κ1) is 20.2. The molecular formula is C25H22N4O2. The molecule has 0 fully saturated rings. The van der Waals surface area contributed by atoms with Gasteiger partial charge in [-0.1, -0.05) is 78.4 Å². The van der Waals surface area contributed by atoms with Crippen molar-refractivity contribution in [2.24, 2.45) is 5.10 Å². The lowest BCUT2D eigenvalue weighted by molar-refractivity contribution is 0.0949. The predicted octanol–water partition coefficient (Wildman–Crippen LogP) is 3.91. The van der Waals surface area contributed by atoms with Crippen molar-refractivity contribution in [3.8, 4) is 0 Å². The quantitative estimate of drug-likeness (QED) is 0.400. The van der Waals surface area contributed by atoms with Gasteiger partial charge in [0.05, 0.1) is 17.6 Å². The second-order valence-electron chi connectivity index (χ2n) is 7.35. The van der Waals surface area contributed by atoms with Gasteiger partial charge in [-0.3, -0.25) is 9.59 Å². The van der Waals surface area contributed by atoms with E-state index in [1.54, 1.807) is 24.3 Å². The maximum Gasteiger partial charge on any atom is 0.292 e. The number of fused-ring (bicyclic) bond motifs is 1. The smallest absolute Gasteiger partial charge is 0.267 e. The van der Waals surface area contributed by atoms with Crippen molar-refractivity contribution in [1.29, 1.82) is 0 Å². The molecule has 0 spiro atoms. The van der Waals surface area contributed by atoms with Gasteiger partial charge in [0.1, 0.15) is 0 Å². The zero-order chi connectivity index (χ0) is 21.8. The molecule has 0 saturated carbocycles. The molecule has 0 aliphatic rings. The predicted molar refractivity (Wildman–Crippen MR) is 122 cm³/mol. The number of benzene rings is 3. The molecule has 0 bridgehead atoms. The summed E-state index contributed by atoms with van der Waals surface area (Å²) in [4.78, 5) is 25.9. The van der Waals surface area contributed by atoms with Gasteiger partial charge < -0.3 is 0 Å². The van der Waals surface area contributed by atoms with Crippen LogP contribution in [-0.4, -0.2) is 21.4 Å². The normalized spacial score (nSPS) is 11.5. The Balaban J connectivity index is 1.69. The monoisotopic (exact) mass is 410 g/mol. The third-order valence-electron chi connectivity index (χ3n) is 5.05. The minimum absolute atomic E-state index is 0.159. The zero-order valence-corrected chi connectivity index (χ0v) is 17.4. The first-order valence-electron chi connectivity index (χ1n) is 9.98. The molecule has 0 atom stereocenters. The number of carbonyl (C=O) groups is 1. The highest BCUT2D eigenvalue weighted by Gasteiger charge is 2.16. The molecule has 1 N–H and O–H groups in total. The van der Waals surface area contributed by atoms with Crippen molar-refractivity contribution in [2.75, 3.05) is 0 Å². The standard InChI is InChI=1S/C25H22N4O2/c1-17-12-14-20(15-13-17)18(2)26-27-24(30)23-21-10-6-7-11-22(21)25(31)29(28-23)16-19-8-4-3-5-9-19/h3-15H,16H2,1-2H3,(H,27,30). The van der Waals surface area contributed by atoms with Gasteiger partial charge in [0, 0.05) is 5.39 Å². The Morgan fingerprint density at radius 2 is 1.58 bits per heavy atom. The summed E-state index contributed by atoms with van der Waals surface area (Å²) in [6, 6.07) is 24.4. The first-order chi connectivity index (χ1) is 15.0. The Bertz CT molecular complexity index is 1320. The highest BCUT2D eigenvalue weighted by atomic mass is 16.2. The molecule has 0 saturated heterocycles. The van der Waals surface area contributed by atoms with E-state index in [1.807, 2.05) is 68.4 Å². The van der Waals surface area contributed by atoms with Gasteiger partial charge in [0.15, 0.2) is 5.69 Å². The topological polar surface area (TPSA) is 76.3 Å². The van der Waals surface area contributed by atoms with Crippen molar-refractivity contribution in [3.63, 3.8) is 0 Å². The van der Waals surface area contributed by atoms with E-state index >= 15 is 0 Å². The van der Waals surface area contributed by atoms with E-state index in [0.717, 1.165) is 16.7 Å². The molecule has 31 heavy (non-hydrogen) atoms. The highest BCUT2D eigenvalue weighted by Crippen LogP contribution is 2.14. The fraction of sp³-hybridized carbons (Fsp3) is 0.120. The highest BCUT2D eigenvalue weighted by molar-refractivity contribution is 6.06. The Kier molecular flexibility index (Phi) is 5.71. The number of nitrogens with one attached hydrogen (secondary N) is 1. The zero-order valence-electron chi connectivity index (χ0n) is 17.4. The molecule has 6 heteroatoms. The van der Waals surface area contributed by atoms with Gasteiger partial charge in [-0.15, -0.1) is 0 Å². The second-order valence-corrected chi connectivity index (χ2v) is 7.35. The number of aryl methyl sites for hydroxylation is 1.